The van der Waals surface area contributed by atoms with Gasteiger partial charge >= 0.3 is 0 Å². The van der Waals surface area contributed by atoms with Gasteiger partial charge in [0.2, 0.25) is 0 Å². The summed E-state index contributed by atoms with van der Waals surface area (Å²) in [5.41, 5.74) is 2.10. The van der Waals surface area contributed by atoms with Gasteiger partial charge in [-0.15, -0.1) is 0 Å². The van der Waals surface area contributed by atoms with Crippen LogP contribution in [0.5, 0.6) is 17.2 Å². The molecule has 0 aliphatic rings. The molecule has 2 aromatic carbocycles. The Hall–Kier alpha value is -2.69. The summed E-state index contributed by atoms with van der Waals surface area (Å²) in [7, 11) is 1.57. The van der Waals surface area contributed by atoms with Crippen molar-refractivity contribution >= 4 is 6.21 Å². The minimum atomic E-state index is 0.163. The summed E-state index contributed by atoms with van der Waals surface area (Å²) in [6.07, 6.45) is 2.40. The first-order valence-electron chi connectivity index (χ1n) is 8.72. The number of ether oxygens (including phenoxy) is 3. The lowest BCUT2D eigenvalue weighted by molar-refractivity contribution is 0.211. The molecule has 0 radical (unpaired) electrons. The summed E-state index contributed by atoms with van der Waals surface area (Å²) in [5.74, 6) is 1.91. The van der Waals surface area contributed by atoms with E-state index in [1.807, 2.05) is 12.1 Å². The van der Waals surface area contributed by atoms with E-state index in [1.54, 1.807) is 25.3 Å². The van der Waals surface area contributed by atoms with Crippen molar-refractivity contribution in [3.8, 4) is 17.2 Å². The van der Waals surface area contributed by atoms with E-state index < -0.39 is 0 Å². The van der Waals surface area contributed by atoms with Gasteiger partial charge in [0.05, 0.1) is 13.3 Å². The van der Waals surface area contributed by atoms with Crippen LogP contribution < -0.4 is 14.2 Å². The molecule has 0 amide bonds. The van der Waals surface area contributed by atoms with Crippen molar-refractivity contribution in [2.45, 2.75) is 32.6 Å². The summed E-state index contributed by atoms with van der Waals surface area (Å²) in [5, 5.41) is 11.8. The number of benzene rings is 2. The van der Waals surface area contributed by atoms with Crippen molar-refractivity contribution in [3.63, 3.8) is 0 Å². The average molecular weight is 357 g/mol. The molecule has 0 bridgehead atoms. The van der Waals surface area contributed by atoms with E-state index in [2.05, 4.69) is 38.1 Å². The van der Waals surface area contributed by atoms with E-state index in [1.165, 1.54) is 11.8 Å². The van der Waals surface area contributed by atoms with E-state index in [0.717, 1.165) is 12.2 Å². The van der Waals surface area contributed by atoms with Gasteiger partial charge in [-0.25, -0.2) is 0 Å². The highest BCUT2D eigenvalue weighted by Crippen LogP contribution is 2.30. The third-order valence-electron chi connectivity index (χ3n) is 4.54. The molecule has 0 aliphatic heterocycles. The van der Waals surface area contributed by atoms with Gasteiger partial charge in [-0.1, -0.05) is 44.1 Å². The van der Waals surface area contributed by atoms with Crippen molar-refractivity contribution in [1.82, 2.24) is 0 Å². The van der Waals surface area contributed by atoms with Crippen LogP contribution in [0.4, 0.5) is 0 Å². The zero-order chi connectivity index (χ0) is 19.0. The summed E-state index contributed by atoms with van der Waals surface area (Å²) in [4.78, 5) is 0. The van der Waals surface area contributed by atoms with Gasteiger partial charge in [-0.05, 0) is 41.7 Å². The molecule has 0 unspecified atom stereocenters. The molecule has 140 valence electrons. The highest BCUT2D eigenvalue weighted by atomic mass is 16.5. The number of para-hydroxylation sites is 1. The SMILES string of the molecule is CCC(C)(C)c1ccc(OCCOc2c(C=NO)cccc2OC)cc1. The third-order valence-corrected chi connectivity index (χ3v) is 4.54. The Labute approximate surface area is 155 Å². The maximum Gasteiger partial charge on any atom is 0.170 e. The first kappa shape index (κ1) is 19.6. The zero-order valence-electron chi connectivity index (χ0n) is 15.9. The summed E-state index contributed by atoms with van der Waals surface area (Å²) < 4.78 is 16.8. The molecule has 0 saturated heterocycles. The first-order chi connectivity index (χ1) is 12.5. The second-order valence-electron chi connectivity index (χ2n) is 6.58. The van der Waals surface area contributed by atoms with Gasteiger partial charge < -0.3 is 19.4 Å². The molecule has 0 saturated carbocycles. The minimum absolute atomic E-state index is 0.163. The number of oxime groups is 1. The van der Waals surface area contributed by atoms with Crippen molar-refractivity contribution in [2.24, 2.45) is 5.16 Å². The van der Waals surface area contributed by atoms with Crippen LogP contribution in [-0.4, -0.2) is 31.7 Å². The molecule has 0 aromatic heterocycles. The molecule has 0 aliphatic carbocycles. The Morgan fingerprint density at radius 1 is 1.04 bits per heavy atom. The van der Waals surface area contributed by atoms with Crippen LogP contribution in [0.15, 0.2) is 47.6 Å². The number of rotatable bonds is 9. The van der Waals surface area contributed by atoms with Crippen LogP contribution in [0.2, 0.25) is 0 Å². The average Bonchev–Trinajstić information content (AvgIpc) is 2.66. The maximum atomic E-state index is 8.77. The second kappa shape index (κ2) is 9.13. The van der Waals surface area contributed by atoms with E-state index in [-0.39, 0.29) is 5.41 Å². The quantitative estimate of drug-likeness (QED) is 0.307. The van der Waals surface area contributed by atoms with E-state index >= 15 is 0 Å². The number of hydrogen-bond acceptors (Lipinski definition) is 5. The Balaban J connectivity index is 1.93. The van der Waals surface area contributed by atoms with Crippen molar-refractivity contribution < 1.29 is 19.4 Å². The van der Waals surface area contributed by atoms with E-state index in [4.69, 9.17) is 19.4 Å². The van der Waals surface area contributed by atoms with Gasteiger partial charge in [-0.3, -0.25) is 0 Å². The van der Waals surface area contributed by atoms with Crippen LogP contribution in [0, 0.1) is 0 Å². The zero-order valence-corrected chi connectivity index (χ0v) is 15.9. The molecule has 0 fully saturated rings. The van der Waals surface area contributed by atoms with Crippen LogP contribution in [0.25, 0.3) is 0 Å². The lowest BCUT2D eigenvalue weighted by Gasteiger charge is -2.23. The highest BCUT2D eigenvalue weighted by Gasteiger charge is 2.17. The predicted octanol–water partition coefficient (Wildman–Crippen LogP) is 4.65. The molecule has 1 N–H and O–H groups in total. The molecule has 5 nitrogen and oxygen atoms in total. The first-order valence-corrected chi connectivity index (χ1v) is 8.72. The van der Waals surface area contributed by atoms with Crippen LogP contribution in [-0.2, 0) is 5.41 Å². The van der Waals surface area contributed by atoms with E-state index in [0.29, 0.717) is 30.3 Å². The predicted molar refractivity (Wildman–Crippen MR) is 103 cm³/mol. The monoisotopic (exact) mass is 357 g/mol. The Morgan fingerprint density at radius 2 is 1.73 bits per heavy atom. The van der Waals surface area contributed by atoms with Crippen molar-refractivity contribution in [3.05, 3.63) is 53.6 Å². The molecule has 2 rings (SSSR count). The van der Waals surface area contributed by atoms with Crippen LogP contribution >= 0.6 is 0 Å². The molecule has 0 spiro atoms. The Kier molecular flexibility index (Phi) is 6.89. The molecule has 2 aromatic rings. The third kappa shape index (κ3) is 4.91. The maximum absolute atomic E-state index is 8.77. The molecule has 26 heavy (non-hydrogen) atoms. The molecule has 5 heteroatoms. The summed E-state index contributed by atoms with van der Waals surface area (Å²) in [6.45, 7) is 7.39. The second-order valence-corrected chi connectivity index (χ2v) is 6.58. The fourth-order valence-electron chi connectivity index (χ4n) is 2.52. The van der Waals surface area contributed by atoms with Crippen molar-refractivity contribution in [1.29, 1.82) is 0 Å². The molecular formula is C21H27NO4. The highest BCUT2D eigenvalue weighted by molar-refractivity contribution is 5.84. The van der Waals surface area contributed by atoms with Gasteiger partial charge in [0.25, 0.3) is 0 Å². The minimum Gasteiger partial charge on any atom is -0.493 e. The molecule has 0 heterocycles. The Morgan fingerprint density at radius 3 is 2.35 bits per heavy atom. The molecule has 0 atom stereocenters. The van der Waals surface area contributed by atoms with Crippen LogP contribution in [0.3, 0.4) is 0 Å². The topological polar surface area (TPSA) is 60.3 Å². The number of nitrogens with zero attached hydrogens (tertiary/aromatic N) is 1. The fraction of sp³-hybridized carbons (Fsp3) is 0.381. The van der Waals surface area contributed by atoms with Crippen LogP contribution in [0.1, 0.15) is 38.3 Å². The summed E-state index contributed by atoms with van der Waals surface area (Å²) >= 11 is 0. The smallest absolute Gasteiger partial charge is 0.170 e. The number of methoxy groups -OCH3 is 1. The molecular weight excluding hydrogens is 330 g/mol. The van der Waals surface area contributed by atoms with Gasteiger partial charge in [-0.2, -0.15) is 0 Å². The largest absolute Gasteiger partial charge is 0.493 e. The van der Waals surface area contributed by atoms with Gasteiger partial charge in [0.1, 0.15) is 19.0 Å². The van der Waals surface area contributed by atoms with E-state index in [9.17, 15) is 0 Å². The van der Waals surface area contributed by atoms with Crippen molar-refractivity contribution in [2.75, 3.05) is 20.3 Å². The Bertz CT molecular complexity index is 723. The number of hydrogen-bond donors (Lipinski definition) is 1. The normalized spacial score (nSPS) is 11.5. The lowest BCUT2D eigenvalue weighted by atomic mass is 9.82. The van der Waals surface area contributed by atoms with Gasteiger partial charge in [0.15, 0.2) is 11.5 Å². The standard InChI is InChI=1S/C21H27NO4/c1-5-21(2,3)17-9-11-18(12-10-17)25-13-14-26-20-16(15-22-23)7-6-8-19(20)24-4/h6-12,15,23H,5,13-14H2,1-4H3. The lowest BCUT2D eigenvalue weighted by Crippen LogP contribution is -2.15. The fourth-order valence-corrected chi connectivity index (χ4v) is 2.52. The summed E-state index contributed by atoms with van der Waals surface area (Å²) in [6, 6.07) is 13.6. The van der Waals surface area contributed by atoms with Gasteiger partial charge in [0, 0.05) is 5.56 Å².